The topological polar surface area (TPSA) is 179 Å². The summed E-state index contributed by atoms with van der Waals surface area (Å²) in [4.78, 5) is 36.3. The van der Waals surface area contributed by atoms with Crippen molar-refractivity contribution in [3.8, 4) is 15.9 Å². The molecule has 2 amide bonds. The van der Waals surface area contributed by atoms with Crippen LogP contribution >= 0.6 is 22.7 Å². The van der Waals surface area contributed by atoms with Gasteiger partial charge in [-0.3, -0.25) is 9.59 Å². The average molecular weight is 881 g/mol. The maximum atomic E-state index is 12.9. The second kappa shape index (κ2) is 19.2. The van der Waals surface area contributed by atoms with Crippen LogP contribution in [0.25, 0.3) is 0 Å². The minimum absolute atomic E-state index is 0.0136. The van der Waals surface area contributed by atoms with Gasteiger partial charge in [0.1, 0.15) is 34.8 Å². The van der Waals surface area contributed by atoms with Crippen LogP contribution in [0, 0.1) is 0 Å². The largest absolute Gasteiger partial charge is 0.447 e. The lowest BCUT2D eigenvalue weighted by atomic mass is 10.1. The van der Waals surface area contributed by atoms with E-state index in [1.165, 1.54) is 34.8 Å². The maximum absolute atomic E-state index is 12.9. The molecule has 7 rings (SSSR count). The van der Waals surface area contributed by atoms with E-state index in [1.54, 1.807) is 24.3 Å². The van der Waals surface area contributed by atoms with Crippen molar-refractivity contribution in [3.63, 3.8) is 0 Å². The summed E-state index contributed by atoms with van der Waals surface area (Å²) in [6.45, 7) is 4.63. The Balaban J connectivity index is 0.831. The van der Waals surface area contributed by atoms with Crippen LogP contribution in [0.3, 0.4) is 0 Å². The Kier molecular flexibility index (Phi) is 13.4. The zero-order chi connectivity index (χ0) is 43.8. The van der Waals surface area contributed by atoms with E-state index in [9.17, 15) is 22.8 Å². The molecule has 1 fully saturated rings. The molecular formula is C45H43F3N8O4S2. The third-order valence-corrected chi connectivity index (χ3v) is 11.6. The Labute approximate surface area is 363 Å². The molecule has 8 N–H and O–H groups in total. The number of aromatic nitrogens is 2. The first kappa shape index (κ1) is 43.2. The van der Waals surface area contributed by atoms with Crippen LogP contribution < -0.4 is 42.2 Å². The van der Waals surface area contributed by atoms with Gasteiger partial charge in [0.15, 0.2) is 10.1 Å². The fourth-order valence-corrected chi connectivity index (χ4v) is 7.97. The quantitative estimate of drug-likeness (QED) is 0.0382. The number of amides is 2. The van der Waals surface area contributed by atoms with Crippen LogP contribution in [0.15, 0.2) is 121 Å². The van der Waals surface area contributed by atoms with Crippen molar-refractivity contribution < 1.29 is 32.2 Å². The molecule has 12 nitrogen and oxygen atoms in total. The number of benzene rings is 2. The van der Waals surface area contributed by atoms with Gasteiger partial charge in [0.2, 0.25) is 0 Å². The van der Waals surface area contributed by atoms with Crippen molar-refractivity contribution in [2.45, 2.75) is 58.0 Å². The Morgan fingerprint density at radius 2 is 1.35 bits per heavy atom. The lowest BCUT2D eigenvalue weighted by Crippen LogP contribution is -2.24. The zero-order valence-electron chi connectivity index (χ0n) is 33.6. The van der Waals surface area contributed by atoms with E-state index in [-0.39, 0.29) is 48.2 Å². The Morgan fingerprint density at radius 3 is 1.95 bits per heavy atom. The third-order valence-electron chi connectivity index (χ3n) is 9.70. The number of nitrogens with one attached hydrogen (secondary N) is 4. The number of nitrogen functional groups attached to an aromatic ring is 2. The summed E-state index contributed by atoms with van der Waals surface area (Å²) < 4.78 is 50.5. The van der Waals surface area contributed by atoms with E-state index in [0.29, 0.717) is 40.1 Å². The van der Waals surface area contributed by atoms with Crippen molar-refractivity contribution in [1.82, 2.24) is 20.6 Å². The van der Waals surface area contributed by atoms with E-state index in [0.717, 1.165) is 44.7 Å². The van der Waals surface area contributed by atoms with E-state index < -0.39 is 17.6 Å². The number of hydrogen-bond donors (Lipinski definition) is 6. The van der Waals surface area contributed by atoms with Crippen LogP contribution in [0.5, 0.6) is 15.9 Å². The molecule has 2 aromatic carbocycles. The lowest BCUT2D eigenvalue weighted by Gasteiger charge is -2.11. The number of nitrogens with two attached hydrogens (primary N) is 2. The molecule has 1 aliphatic rings. The number of carbonyl (C=O) groups is 2. The summed E-state index contributed by atoms with van der Waals surface area (Å²) >= 11 is 2.85. The number of halogens is 3. The Bertz CT molecular complexity index is 2590. The summed E-state index contributed by atoms with van der Waals surface area (Å²) in [7, 11) is 0. The van der Waals surface area contributed by atoms with Gasteiger partial charge in [-0.2, -0.15) is 13.2 Å². The fraction of sp³-hybridized carbons (Fsp3) is 0.200. The number of ether oxygens (including phenoxy) is 2. The summed E-state index contributed by atoms with van der Waals surface area (Å²) in [5.74, 6) is 2.12. The first-order valence-electron chi connectivity index (χ1n) is 19.5. The summed E-state index contributed by atoms with van der Waals surface area (Å²) in [5.41, 5.74) is 13.8. The standard InChI is InChI=1S/C45H43F3N8O4S2/c1-3-5-29(4-2)59-39-20-14-31(61-39)24-53-44(58)34-17-19-38(56-42(34)50)54-36-22-35(36)27-8-12-30(13-9-27)60-40-21-15-32(62-40)25-52-43(57)33-16-18-37(55-41(33)49)51-23-26-6-10-28(11-7-26)45(46,47)48/h3-21,35-36H,22-25H2,1-2H3,(H,52,57)(H,53,58)(H3,49,51,55)(H3,50,54,56)/b5-3-,29-4+. The normalized spacial score (nSPS) is 15.0. The molecule has 4 aromatic heterocycles. The highest BCUT2D eigenvalue weighted by Gasteiger charge is 2.38. The van der Waals surface area contributed by atoms with Crippen LogP contribution in [0.4, 0.5) is 36.4 Å². The average Bonchev–Trinajstić information content (AvgIpc) is 3.62. The number of nitrogens with zero attached hydrogens (tertiary/aromatic N) is 2. The minimum atomic E-state index is -4.40. The molecule has 0 saturated heterocycles. The molecule has 1 saturated carbocycles. The zero-order valence-corrected chi connectivity index (χ0v) is 35.2. The number of rotatable bonds is 17. The van der Waals surface area contributed by atoms with Gasteiger partial charge in [-0.05, 0) is 116 Å². The van der Waals surface area contributed by atoms with Gasteiger partial charge >= 0.3 is 6.18 Å². The molecule has 0 aliphatic heterocycles. The third kappa shape index (κ3) is 11.3. The van der Waals surface area contributed by atoms with Gasteiger partial charge in [-0.15, -0.1) is 22.7 Å². The highest BCUT2D eigenvalue weighted by molar-refractivity contribution is 7.14. The van der Waals surface area contributed by atoms with Crippen molar-refractivity contribution in [2.75, 3.05) is 22.1 Å². The summed E-state index contributed by atoms with van der Waals surface area (Å²) in [6, 6.07) is 26.9. The first-order chi connectivity index (χ1) is 29.8. The predicted molar refractivity (Wildman–Crippen MR) is 238 cm³/mol. The number of allylic oxidation sites excluding steroid dienone is 3. The van der Waals surface area contributed by atoms with Crippen LogP contribution in [-0.4, -0.2) is 27.8 Å². The smallest absolute Gasteiger partial charge is 0.416 e. The van der Waals surface area contributed by atoms with E-state index >= 15 is 0 Å². The number of alkyl halides is 3. The minimum Gasteiger partial charge on any atom is -0.447 e. The van der Waals surface area contributed by atoms with E-state index in [2.05, 4.69) is 31.2 Å². The number of anilines is 4. The molecule has 320 valence electrons. The molecule has 17 heteroatoms. The second-order valence-corrected chi connectivity index (χ2v) is 16.4. The molecule has 2 unspecified atom stereocenters. The molecule has 2 atom stereocenters. The van der Waals surface area contributed by atoms with Gasteiger partial charge in [0.25, 0.3) is 11.8 Å². The fourth-order valence-electron chi connectivity index (χ4n) is 6.34. The molecular weight excluding hydrogens is 838 g/mol. The van der Waals surface area contributed by atoms with E-state index in [4.69, 9.17) is 20.9 Å². The van der Waals surface area contributed by atoms with Gasteiger partial charge < -0.3 is 42.2 Å². The predicted octanol–water partition coefficient (Wildman–Crippen LogP) is 9.87. The molecule has 0 radical (unpaired) electrons. The van der Waals surface area contributed by atoms with Crippen molar-refractivity contribution in [3.05, 3.63) is 159 Å². The van der Waals surface area contributed by atoms with E-state index in [1.807, 2.05) is 80.6 Å². The number of hydrogen-bond acceptors (Lipinski definition) is 12. The molecule has 0 spiro atoms. The van der Waals surface area contributed by atoms with Crippen LogP contribution in [0.1, 0.15) is 73.3 Å². The van der Waals surface area contributed by atoms with Crippen LogP contribution in [-0.2, 0) is 25.8 Å². The van der Waals surface area contributed by atoms with Crippen molar-refractivity contribution >= 4 is 57.8 Å². The van der Waals surface area contributed by atoms with Crippen LogP contribution in [0.2, 0.25) is 0 Å². The highest BCUT2D eigenvalue weighted by atomic mass is 32.1. The Morgan fingerprint density at radius 1 is 0.758 bits per heavy atom. The second-order valence-electron chi connectivity index (χ2n) is 14.2. The number of carbonyl (C=O) groups excluding carboxylic acids is 2. The lowest BCUT2D eigenvalue weighted by molar-refractivity contribution is -0.137. The SMILES string of the molecule is C/C=C\C(=C/C)Oc1ccc(CNC(=O)c2ccc(NC3CC3c3ccc(Oc4ccc(CNC(=O)c5ccc(NCc6ccc(C(F)(F)F)cc6)nc5N)s4)cc3)nc2N)s1. The summed E-state index contributed by atoms with van der Waals surface area (Å²) in [5, 5.41) is 13.6. The van der Waals surface area contributed by atoms with Gasteiger partial charge in [0.05, 0.1) is 29.8 Å². The maximum Gasteiger partial charge on any atom is 0.416 e. The molecule has 1 aliphatic carbocycles. The highest BCUT2D eigenvalue weighted by Crippen LogP contribution is 2.43. The Hall–Kier alpha value is -6.85. The number of thiophene rings is 2. The molecule has 4 heterocycles. The number of pyridine rings is 2. The first-order valence-corrected chi connectivity index (χ1v) is 21.2. The monoisotopic (exact) mass is 880 g/mol. The summed E-state index contributed by atoms with van der Waals surface area (Å²) in [6.07, 6.45) is 2.19. The van der Waals surface area contributed by atoms with Gasteiger partial charge in [0, 0.05) is 28.3 Å². The molecule has 62 heavy (non-hydrogen) atoms. The van der Waals surface area contributed by atoms with Gasteiger partial charge in [-0.25, -0.2) is 9.97 Å². The van der Waals surface area contributed by atoms with Crippen molar-refractivity contribution in [1.29, 1.82) is 0 Å². The van der Waals surface area contributed by atoms with Gasteiger partial charge in [-0.1, -0.05) is 30.3 Å². The molecule has 0 bridgehead atoms. The van der Waals surface area contributed by atoms with Crippen molar-refractivity contribution in [2.24, 2.45) is 0 Å². The molecule has 6 aromatic rings.